The minimum atomic E-state index is 0.208. The summed E-state index contributed by atoms with van der Waals surface area (Å²) >= 11 is 0. The highest BCUT2D eigenvalue weighted by Gasteiger charge is 2.47. The summed E-state index contributed by atoms with van der Waals surface area (Å²) in [5.74, 6) is 0.208. The largest absolute Gasteiger partial charge is 0.339 e. The molecule has 1 atom stereocenters. The first-order chi connectivity index (χ1) is 14.1. The van der Waals surface area contributed by atoms with Crippen molar-refractivity contribution < 1.29 is 4.79 Å². The van der Waals surface area contributed by atoms with Gasteiger partial charge in [-0.25, -0.2) is 4.98 Å². The van der Waals surface area contributed by atoms with Crippen molar-refractivity contribution in [1.29, 1.82) is 0 Å². The van der Waals surface area contributed by atoms with Gasteiger partial charge in [-0.05, 0) is 31.7 Å². The molecular weight excluding hydrogens is 360 g/mol. The van der Waals surface area contributed by atoms with E-state index in [1.54, 1.807) is 6.92 Å². The van der Waals surface area contributed by atoms with E-state index < -0.39 is 0 Å². The van der Waals surface area contributed by atoms with E-state index in [0.717, 1.165) is 32.6 Å². The molecule has 2 fully saturated rings. The van der Waals surface area contributed by atoms with Gasteiger partial charge in [0.15, 0.2) is 0 Å². The molecule has 2 aromatic rings. The number of carbonyl (C=O) groups excluding carboxylic acids is 1. The molecule has 0 unspecified atom stereocenters. The molecule has 0 bridgehead atoms. The van der Waals surface area contributed by atoms with E-state index in [-0.39, 0.29) is 11.4 Å². The Kier molecular flexibility index (Phi) is 6.04. The van der Waals surface area contributed by atoms with Crippen LogP contribution in [0.1, 0.15) is 63.6 Å². The van der Waals surface area contributed by atoms with Crippen molar-refractivity contribution in [2.24, 2.45) is 0 Å². The van der Waals surface area contributed by atoms with Crippen LogP contribution in [-0.2, 0) is 17.9 Å². The predicted octanol–water partition coefficient (Wildman–Crippen LogP) is 4.08. The van der Waals surface area contributed by atoms with Gasteiger partial charge in [0.1, 0.15) is 0 Å². The van der Waals surface area contributed by atoms with Crippen LogP contribution in [0.3, 0.4) is 0 Å². The Morgan fingerprint density at radius 3 is 2.62 bits per heavy atom. The maximum absolute atomic E-state index is 12.2. The number of hydrogen-bond acceptors (Lipinski definition) is 3. The minimum absolute atomic E-state index is 0.208. The van der Waals surface area contributed by atoms with Crippen LogP contribution in [0.2, 0.25) is 0 Å². The maximum Gasteiger partial charge on any atom is 0.219 e. The summed E-state index contributed by atoms with van der Waals surface area (Å²) in [5.41, 5.74) is 2.81. The highest BCUT2D eigenvalue weighted by molar-refractivity contribution is 5.73. The third-order valence-electron chi connectivity index (χ3n) is 7.03. The zero-order chi connectivity index (χ0) is 20.3. The summed E-state index contributed by atoms with van der Waals surface area (Å²) in [5, 5.41) is 0. The molecule has 4 rings (SSSR count). The van der Waals surface area contributed by atoms with E-state index in [9.17, 15) is 4.79 Å². The van der Waals surface area contributed by atoms with Gasteiger partial charge in [0.25, 0.3) is 0 Å². The molecule has 1 aliphatic heterocycles. The van der Waals surface area contributed by atoms with Crippen LogP contribution in [0.15, 0.2) is 42.9 Å². The molecule has 0 N–H and O–H groups in total. The highest BCUT2D eigenvalue weighted by atomic mass is 16.2. The van der Waals surface area contributed by atoms with E-state index >= 15 is 0 Å². The number of hydrogen-bond donors (Lipinski definition) is 0. The lowest BCUT2D eigenvalue weighted by Crippen LogP contribution is -2.45. The van der Waals surface area contributed by atoms with Crippen LogP contribution in [0.25, 0.3) is 0 Å². The van der Waals surface area contributed by atoms with Crippen molar-refractivity contribution in [2.75, 3.05) is 13.1 Å². The number of likely N-dealkylation sites (N-methyl/N-ethyl adjacent to an activating group) is 1. The first kappa shape index (κ1) is 20.1. The molecular formula is C24H34N4O. The Labute approximate surface area is 174 Å². The average molecular weight is 395 g/mol. The van der Waals surface area contributed by atoms with E-state index in [1.165, 1.54) is 43.4 Å². The van der Waals surface area contributed by atoms with Gasteiger partial charge in [0.2, 0.25) is 5.91 Å². The highest BCUT2D eigenvalue weighted by Crippen LogP contribution is 2.43. The van der Waals surface area contributed by atoms with Gasteiger partial charge in [0.05, 0.1) is 12.0 Å². The molecule has 0 radical (unpaired) electrons. The number of carbonyl (C=O) groups is 1. The fraction of sp³-hybridized carbons (Fsp3) is 0.583. The molecule has 1 amide bonds. The molecule has 1 saturated heterocycles. The molecule has 1 aromatic carbocycles. The molecule has 2 aliphatic rings. The molecule has 29 heavy (non-hydrogen) atoms. The number of rotatable bonds is 6. The summed E-state index contributed by atoms with van der Waals surface area (Å²) < 4.78 is 2.28. The van der Waals surface area contributed by atoms with Crippen molar-refractivity contribution >= 4 is 5.91 Å². The summed E-state index contributed by atoms with van der Waals surface area (Å²) in [4.78, 5) is 21.4. The summed E-state index contributed by atoms with van der Waals surface area (Å²) in [6, 6.07) is 10.9. The summed E-state index contributed by atoms with van der Waals surface area (Å²) in [6.07, 6.45) is 11.6. The van der Waals surface area contributed by atoms with Crippen LogP contribution in [0.4, 0.5) is 0 Å². The number of nitrogens with zero attached hydrogens (tertiary/aromatic N) is 4. The molecule has 156 valence electrons. The van der Waals surface area contributed by atoms with Crippen molar-refractivity contribution in [3.63, 3.8) is 0 Å². The summed E-state index contributed by atoms with van der Waals surface area (Å²) in [7, 11) is 0. The van der Waals surface area contributed by atoms with Crippen molar-refractivity contribution in [3.8, 4) is 0 Å². The fourth-order valence-electron chi connectivity index (χ4n) is 5.59. The molecule has 2 heterocycles. The Balaban J connectivity index is 1.55. The standard InChI is InChI=1S/C24H34N4O/c1-3-28(20(2)29)22-14-24(12-8-5-9-13-24)27(17-22)18-23-15-25-19-26(23)16-21-10-6-4-7-11-21/h4,6-7,10-11,15,19,22H,3,5,8-9,12-14,16-18H2,1-2H3/t22-/m0/s1. The van der Waals surface area contributed by atoms with Gasteiger partial charge in [-0.2, -0.15) is 0 Å². The summed E-state index contributed by atoms with van der Waals surface area (Å²) in [6.45, 7) is 7.37. The predicted molar refractivity (Wildman–Crippen MR) is 115 cm³/mol. The van der Waals surface area contributed by atoms with Gasteiger partial charge in [0, 0.05) is 50.9 Å². The van der Waals surface area contributed by atoms with Crippen LogP contribution in [-0.4, -0.2) is 49.9 Å². The Hall–Kier alpha value is -2.14. The zero-order valence-corrected chi connectivity index (χ0v) is 17.9. The third kappa shape index (κ3) is 4.25. The maximum atomic E-state index is 12.2. The van der Waals surface area contributed by atoms with Crippen LogP contribution < -0.4 is 0 Å². The van der Waals surface area contributed by atoms with Crippen molar-refractivity contribution in [1.82, 2.24) is 19.4 Å². The Morgan fingerprint density at radius 1 is 1.17 bits per heavy atom. The van der Waals surface area contributed by atoms with Gasteiger partial charge >= 0.3 is 0 Å². The molecule has 5 nitrogen and oxygen atoms in total. The number of benzene rings is 1. The first-order valence-electron chi connectivity index (χ1n) is 11.2. The quantitative estimate of drug-likeness (QED) is 0.741. The van der Waals surface area contributed by atoms with Crippen LogP contribution in [0, 0.1) is 0 Å². The smallest absolute Gasteiger partial charge is 0.219 e. The first-order valence-corrected chi connectivity index (χ1v) is 11.2. The van der Waals surface area contributed by atoms with Gasteiger partial charge < -0.3 is 9.47 Å². The van der Waals surface area contributed by atoms with Crippen molar-refractivity contribution in [2.45, 2.75) is 77.0 Å². The number of imidazole rings is 1. The van der Waals surface area contributed by atoms with Gasteiger partial charge in [-0.15, -0.1) is 0 Å². The number of aromatic nitrogens is 2. The SMILES string of the molecule is CCN(C(C)=O)[C@@H]1CN(Cc2cncn2Cc2ccccc2)C2(CCCCC2)C1. The normalized spacial score (nSPS) is 21.5. The molecule has 1 aliphatic carbocycles. The van der Waals surface area contributed by atoms with Crippen LogP contribution in [0.5, 0.6) is 0 Å². The fourth-order valence-corrected chi connectivity index (χ4v) is 5.59. The minimum Gasteiger partial charge on any atom is -0.339 e. The van der Waals surface area contributed by atoms with Gasteiger partial charge in [-0.1, -0.05) is 49.6 Å². The molecule has 5 heteroatoms. The number of amides is 1. The van der Waals surface area contributed by atoms with Gasteiger partial charge in [-0.3, -0.25) is 9.69 Å². The molecule has 1 saturated carbocycles. The molecule has 1 aromatic heterocycles. The lowest BCUT2D eigenvalue weighted by Gasteiger charge is -2.41. The van der Waals surface area contributed by atoms with E-state index in [2.05, 4.69) is 56.6 Å². The van der Waals surface area contributed by atoms with E-state index in [4.69, 9.17) is 0 Å². The van der Waals surface area contributed by atoms with Crippen LogP contribution >= 0.6 is 0 Å². The number of likely N-dealkylation sites (tertiary alicyclic amines) is 1. The van der Waals surface area contributed by atoms with E-state index in [1.807, 2.05) is 12.5 Å². The monoisotopic (exact) mass is 394 g/mol. The third-order valence-corrected chi connectivity index (χ3v) is 7.03. The second kappa shape index (κ2) is 8.70. The van der Waals surface area contributed by atoms with E-state index in [0.29, 0.717) is 6.04 Å². The second-order valence-electron chi connectivity index (χ2n) is 8.83. The average Bonchev–Trinajstić information content (AvgIpc) is 3.29. The Bertz CT molecular complexity index is 809. The topological polar surface area (TPSA) is 41.4 Å². The zero-order valence-electron chi connectivity index (χ0n) is 17.9. The second-order valence-corrected chi connectivity index (χ2v) is 8.83. The lowest BCUT2D eigenvalue weighted by molar-refractivity contribution is -0.130. The molecule has 1 spiro atoms. The van der Waals surface area contributed by atoms with Crippen molar-refractivity contribution in [3.05, 3.63) is 54.1 Å². The lowest BCUT2D eigenvalue weighted by atomic mass is 9.79. The Morgan fingerprint density at radius 2 is 1.93 bits per heavy atom.